The summed E-state index contributed by atoms with van der Waals surface area (Å²) in [5, 5.41) is 2.65. The van der Waals surface area contributed by atoms with Crippen LogP contribution in [-0.4, -0.2) is 56.0 Å². The van der Waals surface area contributed by atoms with Crippen molar-refractivity contribution in [1.82, 2.24) is 10.2 Å². The third kappa shape index (κ3) is 6.80. The molecule has 0 bridgehead atoms. The summed E-state index contributed by atoms with van der Waals surface area (Å²) in [6.07, 6.45) is 2.84. The number of carbonyl (C=O) groups is 2. The fraction of sp³-hybridized carbons (Fsp3) is 0.304. The van der Waals surface area contributed by atoms with Gasteiger partial charge in [-0.05, 0) is 24.3 Å². The Bertz CT molecular complexity index is 898. The van der Waals surface area contributed by atoms with Gasteiger partial charge in [0.2, 0.25) is 11.8 Å². The highest BCUT2D eigenvalue weighted by Crippen LogP contribution is 2.21. The molecule has 1 N–H and O–H groups in total. The first kappa shape index (κ1) is 22.3. The van der Waals surface area contributed by atoms with Crippen LogP contribution in [0.5, 0.6) is 5.75 Å². The standard InChI is InChI=1S/C23H25F2N3O3/c24-23(25)31-20-9-5-4-6-18(20)10-11-21(29)26-13-12-22(30)28-16-14-27(15-17-28)19-7-2-1-3-8-19/h1-11,23H,12-17H2,(H,26,29)/b11-10+. The monoisotopic (exact) mass is 429 g/mol. The van der Waals surface area contributed by atoms with Gasteiger partial charge < -0.3 is 19.9 Å². The second-order valence-corrected chi connectivity index (χ2v) is 6.99. The highest BCUT2D eigenvalue weighted by Gasteiger charge is 2.20. The minimum Gasteiger partial charge on any atom is -0.434 e. The predicted molar refractivity (Wildman–Crippen MR) is 115 cm³/mol. The van der Waals surface area contributed by atoms with E-state index in [-0.39, 0.29) is 24.6 Å². The molecule has 3 rings (SSSR count). The minimum atomic E-state index is -2.94. The Labute approximate surface area is 180 Å². The van der Waals surface area contributed by atoms with Gasteiger partial charge in [0.1, 0.15) is 5.75 Å². The van der Waals surface area contributed by atoms with Gasteiger partial charge >= 0.3 is 6.61 Å². The average Bonchev–Trinajstić information content (AvgIpc) is 2.79. The number of nitrogens with zero attached hydrogens (tertiary/aromatic N) is 2. The van der Waals surface area contributed by atoms with Crippen LogP contribution in [0, 0.1) is 0 Å². The molecule has 1 heterocycles. The molecule has 31 heavy (non-hydrogen) atoms. The van der Waals surface area contributed by atoms with Crippen LogP contribution in [-0.2, 0) is 9.59 Å². The number of ether oxygens (including phenoxy) is 1. The first-order chi connectivity index (χ1) is 15.0. The van der Waals surface area contributed by atoms with Gasteiger partial charge in [0, 0.05) is 56.5 Å². The Morgan fingerprint density at radius 2 is 1.68 bits per heavy atom. The first-order valence-electron chi connectivity index (χ1n) is 10.1. The molecule has 1 saturated heterocycles. The first-order valence-corrected chi connectivity index (χ1v) is 10.1. The highest BCUT2D eigenvalue weighted by atomic mass is 19.3. The SMILES string of the molecule is O=C(/C=C/c1ccccc1OC(F)F)NCCC(=O)N1CCN(c2ccccc2)CC1. The zero-order chi connectivity index (χ0) is 22.1. The Morgan fingerprint density at radius 1 is 1.00 bits per heavy atom. The zero-order valence-electron chi connectivity index (χ0n) is 17.0. The predicted octanol–water partition coefficient (Wildman–Crippen LogP) is 3.16. The molecule has 1 aliphatic rings. The quantitative estimate of drug-likeness (QED) is 0.655. The summed E-state index contributed by atoms with van der Waals surface area (Å²) >= 11 is 0. The van der Waals surface area contributed by atoms with Gasteiger partial charge in [-0.25, -0.2) is 0 Å². The number of halogens is 2. The van der Waals surface area contributed by atoms with Gasteiger partial charge in [0.05, 0.1) is 0 Å². The molecule has 1 aliphatic heterocycles. The van der Waals surface area contributed by atoms with Crippen LogP contribution in [0.4, 0.5) is 14.5 Å². The lowest BCUT2D eigenvalue weighted by molar-refractivity contribution is -0.131. The number of carbonyl (C=O) groups excluding carboxylic acids is 2. The van der Waals surface area contributed by atoms with Crippen molar-refractivity contribution < 1.29 is 23.1 Å². The minimum absolute atomic E-state index is 0.00679. The molecule has 0 saturated carbocycles. The van der Waals surface area contributed by atoms with Gasteiger partial charge in [-0.15, -0.1) is 0 Å². The van der Waals surface area contributed by atoms with E-state index in [0.29, 0.717) is 18.7 Å². The molecule has 0 radical (unpaired) electrons. The van der Waals surface area contributed by atoms with Crippen LogP contribution in [0.3, 0.4) is 0 Å². The van der Waals surface area contributed by atoms with Crippen molar-refractivity contribution >= 4 is 23.6 Å². The maximum atomic E-state index is 12.4. The molecule has 0 aromatic heterocycles. The lowest BCUT2D eigenvalue weighted by Gasteiger charge is -2.36. The van der Waals surface area contributed by atoms with Crippen LogP contribution >= 0.6 is 0 Å². The van der Waals surface area contributed by atoms with Gasteiger partial charge in [-0.2, -0.15) is 8.78 Å². The Balaban J connectivity index is 1.40. The second kappa shape index (κ2) is 11.1. The summed E-state index contributed by atoms with van der Waals surface area (Å²) in [5.74, 6) is -0.424. The number of rotatable bonds is 8. The van der Waals surface area contributed by atoms with Crippen molar-refractivity contribution in [2.75, 3.05) is 37.6 Å². The Hall–Kier alpha value is -3.42. The lowest BCUT2D eigenvalue weighted by Crippen LogP contribution is -2.49. The van der Waals surface area contributed by atoms with E-state index in [0.717, 1.165) is 18.8 Å². The van der Waals surface area contributed by atoms with E-state index in [4.69, 9.17) is 0 Å². The Kier molecular flexibility index (Phi) is 7.98. The number of benzene rings is 2. The number of alkyl halides is 2. The van der Waals surface area contributed by atoms with Gasteiger partial charge in [-0.1, -0.05) is 36.4 Å². The van der Waals surface area contributed by atoms with Crippen LogP contribution in [0.15, 0.2) is 60.7 Å². The lowest BCUT2D eigenvalue weighted by atomic mass is 10.2. The van der Waals surface area contributed by atoms with E-state index in [2.05, 4.69) is 27.1 Å². The van der Waals surface area contributed by atoms with Crippen molar-refractivity contribution in [3.05, 3.63) is 66.2 Å². The molecular formula is C23H25F2N3O3. The molecule has 6 nitrogen and oxygen atoms in total. The molecule has 2 aromatic carbocycles. The van der Waals surface area contributed by atoms with Crippen LogP contribution in [0.1, 0.15) is 12.0 Å². The summed E-state index contributed by atoms with van der Waals surface area (Å²) in [5.41, 5.74) is 1.51. The second-order valence-electron chi connectivity index (χ2n) is 6.99. The number of nitrogens with one attached hydrogen (secondary N) is 1. The van der Waals surface area contributed by atoms with Crippen molar-refractivity contribution in [2.45, 2.75) is 13.0 Å². The molecule has 0 atom stereocenters. The van der Waals surface area contributed by atoms with Crippen LogP contribution in [0.25, 0.3) is 6.08 Å². The molecule has 0 aliphatic carbocycles. The summed E-state index contributed by atoms with van der Waals surface area (Å²) in [7, 11) is 0. The van der Waals surface area contributed by atoms with Gasteiger partial charge in [0.15, 0.2) is 0 Å². The molecule has 164 valence electrons. The van der Waals surface area contributed by atoms with E-state index < -0.39 is 12.5 Å². The van der Waals surface area contributed by atoms with E-state index in [9.17, 15) is 18.4 Å². The number of piperazine rings is 1. The van der Waals surface area contributed by atoms with Crippen molar-refractivity contribution in [3.63, 3.8) is 0 Å². The zero-order valence-corrected chi connectivity index (χ0v) is 17.0. The summed E-state index contributed by atoms with van der Waals surface area (Å²) < 4.78 is 29.3. The van der Waals surface area contributed by atoms with Gasteiger partial charge in [-0.3, -0.25) is 9.59 Å². The molecule has 2 aromatic rings. The fourth-order valence-electron chi connectivity index (χ4n) is 3.35. The number of hydrogen-bond acceptors (Lipinski definition) is 4. The third-order valence-electron chi connectivity index (χ3n) is 4.94. The third-order valence-corrected chi connectivity index (χ3v) is 4.94. The van der Waals surface area contributed by atoms with Crippen molar-refractivity contribution in [3.8, 4) is 5.75 Å². The molecule has 1 fully saturated rings. The van der Waals surface area contributed by atoms with Crippen LogP contribution in [0.2, 0.25) is 0 Å². The highest BCUT2D eigenvalue weighted by molar-refractivity contribution is 5.92. The molecule has 0 spiro atoms. The Morgan fingerprint density at radius 3 is 2.39 bits per heavy atom. The largest absolute Gasteiger partial charge is 0.434 e. The van der Waals surface area contributed by atoms with Crippen molar-refractivity contribution in [2.24, 2.45) is 0 Å². The van der Waals surface area contributed by atoms with Gasteiger partial charge in [0.25, 0.3) is 0 Å². The fourth-order valence-corrected chi connectivity index (χ4v) is 3.35. The van der Waals surface area contributed by atoms with E-state index in [1.165, 1.54) is 18.2 Å². The van der Waals surface area contributed by atoms with Crippen molar-refractivity contribution in [1.29, 1.82) is 0 Å². The smallest absolute Gasteiger partial charge is 0.387 e. The number of para-hydroxylation sites is 2. The van der Waals surface area contributed by atoms with Crippen LogP contribution < -0.4 is 15.0 Å². The van der Waals surface area contributed by atoms with E-state index in [1.807, 2.05) is 18.2 Å². The number of anilines is 1. The number of hydrogen-bond donors (Lipinski definition) is 1. The average molecular weight is 429 g/mol. The summed E-state index contributed by atoms with van der Waals surface area (Å²) in [6, 6.07) is 16.3. The summed E-state index contributed by atoms with van der Waals surface area (Å²) in [4.78, 5) is 28.4. The van der Waals surface area contributed by atoms with E-state index in [1.54, 1.807) is 23.1 Å². The maximum absolute atomic E-state index is 12.4. The van der Waals surface area contributed by atoms with E-state index >= 15 is 0 Å². The summed E-state index contributed by atoms with van der Waals surface area (Å²) in [6.45, 7) is 0.0840. The maximum Gasteiger partial charge on any atom is 0.387 e. The topological polar surface area (TPSA) is 61.9 Å². The number of amides is 2. The molecule has 8 heteroatoms. The normalized spacial score (nSPS) is 14.2. The molecule has 0 unspecified atom stereocenters. The molecular weight excluding hydrogens is 404 g/mol. The molecule has 2 amide bonds.